The van der Waals surface area contributed by atoms with Crippen molar-refractivity contribution in [1.29, 1.82) is 0 Å². The fraction of sp³-hybridized carbons (Fsp3) is 0.818. The predicted molar refractivity (Wildman–Crippen MR) is 61.4 cm³/mol. The quantitative estimate of drug-likeness (QED) is 0.625. The van der Waals surface area contributed by atoms with E-state index in [0.717, 1.165) is 6.54 Å². The van der Waals surface area contributed by atoms with Gasteiger partial charge >= 0.3 is 5.97 Å². The van der Waals surface area contributed by atoms with Gasteiger partial charge in [0, 0.05) is 6.04 Å². The Bertz CT molecular complexity index is 283. The van der Waals surface area contributed by atoms with Gasteiger partial charge in [-0.05, 0) is 13.5 Å². The highest BCUT2D eigenvalue weighted by Crippen LogP contribution is 2.14. The van der Waals surface area contributed by atoms with Crippen LogP contribution in [0.1, 0.15) is 13.8 Å². The van der Waals surface area contributed by atoms with Crippen molar-refractivity contribution in [2.75, 3.05) is 26.9 Å². The fourth-order valence-electron chi connectivity index (χ4n) is 1.83. The van der Waals surface area contributed by atoms with Gasteiger partial charge in [0.15, 0.2) is 0 Å². The molecule has 1 saturated heterocycles. The van der Waals surface area contributed by atoms with Crippen LogP contribution in [0.5, 0.6) is 0 Å². The second-order valence-corrected chi connectivity index (χ2v) is 4.06. The summed E-state index contributed by atoms with van der Waals surface area (Å²) in [5.41, 5.74) is 0. The summed E-state index contributed by atoms with van der Waals surface area (Å²) in [5, 5.41) is 5.82. The Morgan fingerprint density at radius 1 is 1.47 bits per heavy atom. The van der Waals surface area contributed by atoms with E-state index >= 15 is 0 Å². The lowest BCUT2D eigenvalue weighted by molar-refractivity contribution is -0.145. The number of likely N-dealkylation sites (N-methyl/N-ethyl adjacent to an activating group) is 1. The molecule has 1 fully saturated rings. The van der Waals surface area contributed by atoms with Gasteiger partial charge in [-0.25, -0.2) is 4.79 Å². The lowest BCUT2D eigenvalue weighted by Crippen LogP contribution is -2.48. The SMILES string of the molecule is CCNC1COCC1C(=O)NC(C)C(=O)OC. The number of carbonyl (C=O) groups is 2. The minimum atomic E-state index is -0.629. The molecule has 0 aromatic heterocycles. The first-order valence-corrected chi connectivity index (χ1v) is 5.79. The van der Waals surface area contributed by atoms with Gasteiger partial charge in [-0.2, -0.15) is 0 Å². The molecule has 3 unspecified atom stereocenters. The number of rotatable bonds is 5. The first-order valence-electron chi connectivity index (χ1n) is 5.79. The van der Waals surface area contributed by atoms with Crippen molar-refractivity contribution in [2.24, 2.45) is 5.92 Å². The smallest absolute Gasteiger partial charge is 0.328 e. The summed E-state index contributed by atoms with van der Waals surface area (Å²) in [4.78, 5) is 23.1. The molecule has 3 atom stereocenters. The summed E-state index contributed by atoms with van der Waals surface area (Å²) in [7, 11) is 1.30. The van der Waals surface area contributed by atoms with Crippen LogP contribution in [0.4, 0.5) is 0 Å². The van der Waals surface area contributed by atoms with E-state index in [4.69, 9.17) is 4.74 Å². The van der Waals surface area contributed by atoms with E-state index in [0.29, 0.717) is 13.2 Å². The summed E-state index contributed by atoms with van der Waals surface area (Å²) in [5.74, 6) is -0.870. The first-order chi connectivity index (χ1) is 8.10. The van der Waals surface area contributed by atoms with E-state index in [9.17, 15) is 9.59 Å². The molecule has 6 nitrogen and oxygen atoms in total. The van der Waals surface area contributed by atoms with Crippen LogP contribution in [0, 0.1) is 5.92 Å². The van der Waals surface area contributed by atoms with E-state index in [-0.39, 0.29) is 17.9 Å². The molecule has 0 saturated carbocycles. The number of esters is 1. The number of carbonyl (C=O) groups excluding carboxylic acids is 2. The highest BCUT2D eigenvalue weighted by Gasteiger charge is 2.34. The molecule has 6 heteroatoms. The molecule has 0 spiro atoms. The van der Waals surface area contributed by atoms with Crippen LogP contribution < -0.4 is 10.6 Å². The Kier molecular flexibility index (Phi) is 5.37. The molecule has 2 N–H and O–H groups in total. The highest BCUT2D eigenvalue weighted by atomic mass is 16.5. The van der Waals surface area contributed by atoms with Crippen LogP contribution in [-0.2, 0) is 19.1 Å². The third-order valence-electron chi connectivity index (χ3n) is 2.80. The van der Waals surface area contributed by atoms with Crippen LogP contribution >= 0.6 is 0 Å². The van der Waals surface area contributed by atoms with Gasteiger partial charge in [0.25, 0.3) is 0 Å². The molecule has 0 bridgehead atoms. The molecular weight excluding hydrogens is 224 g/mol. The third kappa shape index (κ3) is 3.67. The zero-order valence-electron chi connectivity index (χ0n) is 10.5. The minimum Gasteiger partial charge on any atom is -0.467 e. The first kappa shape index (κ1) is 13.9. The molecule has 0 aromatic rings. The Labute approximate surface area is 101 Å². The van der Waals surface area contributed by atoms with Crippen molar-refractivity contribution in [1.82, 2.24) is 10.6 Å². The van der Waals surface area contributed by atoms with E-state index in [1.807, 2.05) is 6.92 Å². The van der Waals surface area contributed by atoms with Gasteiger partial charge in [-0.1, -0.05) is 6.92 Å². The third-order valence-corrected chi connectivity index (χ3v) is 2.80. The van der Waals surface area contributed by atoms with E-state index in [1.54, 1.807) is 6.92 Å². The van der Waals surface area contributed by atoms with Crippen molar-refractivity contribution < 1.29 is 19.1 Å². The number of nitrogens with one attached hydrogen (secondary N) is 2. The number of amides is 1. The summed E-state index contributed by atoms with van der Waals surface area (Å²) in [6, 6.07) is -0.611. The van der Waals surface area contributed by atoms with Gasteiger partial charge in [0.2, 0.25) is 5.91 Å². The van der Waals surface area contributed by atoms with Crippen LogP contribution in [0.2, 0.25) is 0 Å². The molecule has 17 heavy (non-hydrogen) atoms. The predicted octanol–water partition coefficient (Wildman–Crippen LogP) is -0.711. The Balaban J connectivity index is 2.49. The molecular formula is C11H20N2O4. The number of methoxy groups -OCH3 is 1. The number of hydrogen-bond donors (Lipinski definition) is 2. The van der Waals surface area contributed by atoms with Gasteiger partial charge in [-0.3, -0.25) is 4.79 Å². The van der Waals surface area contributed by atoms with Gasteiger partial charge < -0.3 is 20.1 Å². The zero-order chi connectivity index (χ0) is 12.8. The highest BCUT2D eigenvalue weighted by molar-refractivity contribution is 5.86. The largest absolute Gasteiger partial charge is 0.467 e. The molecule has 98 valence electrons. The molecule has 1 aliphatic heterocycles. The zero-order valence-corrected chi connectivity index (χ0v) is 10.5. The van der Waals surface area contributed by atoms with E-state index in [2.05, 4.69) is 15.4 Å². The van der Waals surface area contributed by atoms with Gasteiger partial charge in [-0.15, -0.1) is 0 Å². The second-order valence-electron chi connectivity index (χ2n) is 4.06. The minimum absolute atomic E-state index is 0.0184. The standard InChI is InChI=1S/C11H20N2O4/c1-4-12-9-6-17-5-8(9)10(14)13-7(2)11(15)16-3/h7-9,12H,4-6H2,1-3H3,(H,13,14). The van der Waals surface area contributed by atoms with Crippen molar-refractivity contribution in [3.05, 3.63) is 0 Å². The maximum Gasteiger partial charge on any atom is 0.328 e. The lowest BCUT2D eigenvalue weighted by atomic mass is 10.0. The van der Waals surface area contributed by atoms with Crippen molar-refractivity contribution >= 4 is 11.9 Å². The van der Waals surface area contributed by atoms with Gasteiger partial charge in [0.1, 0.15) is 6.04 Å². The summed E-state index contributed by atoms with van der Waals surface area (Å²) < 4.78 is 9.82. The molecule has 0 radical (unpaired) electrons. The molecule has 1 rings (SSSR count). The number of ether oxygens (including phenoxy) is 2. The number of hydrogen-bond acceptors (Lipinski definition) is 5. The molecule has 1 amide bonds. The fourth-order valence-corrected chi connectivity index (χ4v) is 1.83. The van der Waals surface area contributed by atoms with Crippen molar-refractivity contribution in [3.63, 3.8) is 0 Å². The van der Waals surface area contributed by atoms with E-state index in [1.165, 1.54) is 7.11 Å². The Morgan fingerprint density at radius 3 is 2.76 bits per heavy atom. The van der Waals surface area contributed by atoms with Gasteiger partial charge in [0.05, 0.1) is 26.2 Å². The van der Waals surface area contributed by atoms with E-state index < -0.39 is 12.0 Å². The maximum absolute atomic E-state index is 11.9. The Hall–Kier alpha value is -1.14. The Morgan fingerprint density at radius 2 is 2.18 bits per heavy atom. The molecule has 1 aliphatic rings. The molecule has 0 aromatic carbocycles. The van der Waals surface area contributed by atoms with Crippen molar-refractivity contribution in [2.45, 2.75) is 25.9 Å². The average Bonchev–Trinajstić information content (AvgIpc) is 2.76. The topological polar surface area (TPSA) is 76.7 Å². The monoisotopic (exact) mass is 244 g/mol. The van der Waals surface area contributed by atoms with Crippen LogP contribution in [-0.4, -0.2) is 50.8 Å². The summed E-state index contributed by atoms with van der Waals surface area (Å²) >= 11 is 0. The second kappa shape index (κ2) is 6.56. The molecule has 0 aliphatic carbocycles. The van der Waals surface area contributed by atoms with Crippen LogP contribution in [0.3, 0.4) is 0 Å². The summed E-state index contributed by atoms with van der Waals surface area (Å²) in [6.45, 7) is 5.27. The van der Waals surface area contributed by atoms with Crippen molar-refractivity contribution in [3.8, 4) is 0 Å². The maximum atomic E-state index is 11.9. The molecule has 1 heterocycles. The average molecular weight is 244 g/mol. The normalized spacial score (nSPS) is 25.4. The lowest BCUT2D eigenvalue weighted by Gasteiger charge is -2.19. The van der Waals surface area contributed by atoms with Crippen LogP contribution in [0.25, 0.3) is 0 Å². The van der Waals surface area contributed by atoms with Crippen LogP contribution in [0.15, 0.2) is 0 Å². The summed E-state index contributed by atoms with van der Waals surface area (Å²) in [6.07, 6.45) is 0.